The van der Waals surface area contributed by atoms with Crippen molar-refractivity contribution in [1.29, 1.82) is 0 Å². The number of nitrogens with zero attached hydrogens (tertiary/aromatic N) is 3. The predicted octanol–water partition coefficient (Wildman–Crippen LogP) is 10.2. The summed E-state index contributed by atoms with van der Waals surface area (Å²) in [7, 11) is 0. The minimum Gasteiger partial charge on any atom is -0.460 e. The van der Waals surface area contributed by atoms with Gasteiger partial charge in [0.05, 0.1) is 28.4 Å². The third-order valence-corrected chi connectivity index (χ3v) is 13.7. The molecule has 322 valence electrons. The molecule has 0 spiro atoms. The molecule has 1 fully saturated rings. The first-order valence-corrected chi connectivity index (χ1v) is 22.5. The molecule has 2 heterocycles. The van der Waals surface area contributed by atoms with E-state index in [1.807, 2.05) is 54.5 Å². The number of aliphatic hydroxyl groups excluding tert-OH is 2. The number of aromatic nitrogens is 1. The Labute approximate surface area is 363 Å². The summed E-state index contributed by atoms with van der Waals surface area (Å²) < 4.78 is 21.0. The monoisotopic (exact) mass is 847 g/mol. The summed E-state index contributed by atoms with van der Waals surface area (Å²) in [6, 6.07) is 22.7. The van der Waals surface area contributed by atoms with Crippen LogP contribution in [-0.4, -0.2) is 62.4 Å². The van der Waals surface area contributed by atoms with E-state index in [1.165, 1.54) is 23.3 Å². The smallest absolute Gasteiger partial charge is 0.269 e. The average molecular weight is 848 g/mol. The number of thioether (sulfide) groups is 1. The number of nitro benzene ring substituents is 1. The van der Waals surface area contributed by atoms with Crippen LogP contribution in [0.3, 0.4) is 0 Å². The molecule has 11 nitrogen and oxygen atoms in total. The second-order valence-electron chi connectivity index (χ2n) is 16.3. The maximum Gasteiger partial charge on any atom is 0.269 e. The van der Waals surface area contributed by atoms with E-state index in [4.69, 9.17) is 24.2 Å². The highest BCUT2D eigenvalue weighted by atomic mass is 32.2. The Morgan fingerprint density at radius 1 is 0.951 bits per heavy atom. The van der Waals surface area contributed by atoms with Crippen molar-refractivity contribution in [3.8, 4) is 17.2 Å². The number of non-ortho nitro benzene ring substituents is 1. The first-order valence-electron chi connectivity index (χ1n) is 21.4. The predicted molar refractivity (Wildman–Crippen MR) is 239 cm³/mol. The highest BCUT2D eigenvalue weighted by Gasteiger charge is 2.64. The molecule has 6 atom stereocenters. The van der Waals surface area contributed by atoms with Crippen LogP contribution in [0.25, 0.3) is 0 Å². The summed E-state index contributed by atoms with van der Waals surface area (Å²) in [6.45, 7) is 8.89. The number of pyridine rings is 1. The third kappa shape index (κ3) is 10.2. The molecule has 2 N–H and O–H groups in total. The molecule has 12 heteroatoms. The van der Waals surface area contributed by atoms with Gasteiger partial charge in [-0.3, -0.25) is 15.1 Å². The quantitative estimate of drug-likeness (QED) is 0.0360. The van der Waals surface area contributed by atoms with Gasteiger partial charge < -0.3 is 29.3 Å². The van der Waals surface area contributed by atoms with Crippen LogP contribution in [0.2, 0.25) is 0 Å². The maximum absolute atomic E-state index is 11.3. The standard InChI is InChI=1S/C49H57N3O8S/c1-4-26-57-49-46(61-27-21-35-19-22-50-23-20-35)31-44(51-58-32-36-12-14-38(15-13-36)52(55)56)42-29-37(9-5-7-24-53)41(10-6-8-25-54)47(48(42)49)43-30-40(17-18-45(43)60-49)59-39-16-11-33(2)34(3)28-39/h4,11-20,22-23,28-30,37,41,46-48,53-54H,1,5-10,21,24-27,31-32H2,2-3H3. The van der Waals surface area contributed by atoms with E-state index < -0.39 is 10.7 Å². The van der Waals surface area contributed by atoms with Crippen molar-refractivity contribution in [2.24, 2.45) is 22.9 Å². The van der Waals surface area contributed by atoms with E-state index >= 15 is 0 Å². The Morgan fingerprint density at radius 3 is 2.41 bits per heavy atom. The topological polar surface area (TPSA) is 146 Å². The molecule has 7 rings (SSSR count). The number of unbranched alkanes of at least 4 members (excludes halogenated alkanes) is 2. The highest BCUT2D eigenvalue weighted by Crippen LogP contribution is 2.62. The number of aryl methyl sites for hydroxylation is 3. The number of aliphatic hydroxyl groups is 2. The molecule has 3 aliphatic rings. The third-order valence-electron chi connectivity index (χ3n) is 12.3. The van der Waals surface area contributed by atoms with E-state index in [1.54, 1.807) is 18.2 Å². The molecule has 61 heavy (non-hydrogen) atoms. The summed E-state index contributed by atoms with van der Waals surface area (Å²) >= 11 is 1.81. The summed E-state index contributed by atoms with van der Waals surface area (Å²) in [6.07, 6.45) is 14.0. The van der Waals surface area contributed by atoms with Gasteiger partial charge in [-0.05, 0) is 146 Å². The zero-order valence-electron chi connectivity index (χ0n) is 35.1. The van der Waals surface area contributed by atoms with Crippen LogP contribution in [0, 0.1) is 41.7 Å². The maximum atomic E-state index is 11.3. The number of ether oxygens (including phenoxy) is 3. The van der Waals surface area contributed by atoms with Gasteiger partial charge in [0.1, 0.15) is 23.9 Å². The van der Waals surface area contributed by atoms with Gasteiger partial charge >= 0.3 is 0 Å². The van der Waals surface area contributed by atoms with Gasteiger partial charge in [0, 0.05) is 55.6 Å². The lowest BCUT2D eigenvalue weighted by molar-refractivity contribution is -0.384. The van der Waals surface area contributed by atoms with Crippen LogP contribution >= 0.6 is 11.8 Å². The largest absolute Gasteiger partial charge is 0.460 e. The van der Waals surface area contributed by atoms with Crippen molar-refractivity contribution in [3.63, 3.8) is 0 Å². The van der Waals surface area contributed by atoms with Gasteiger partial charge in [-0.2, -0.15) is 11.8 Å². The number of allylic oxidation sites excluding steroid dienone is 1. The van der Waals surface area contributed by atoms with Crippen molar-refractivity contribution in [2.75, 3.05) is 25.6 Å². The second kappa shape index (κ2) is 20.7. The first kappa shape index (κ1) is 44.1. The second-order valence-corrected chi connectivity index (χ2v) is 17.6. The Hall–Kier alpha value is -5.01. The van der Waals surface area contributed by atoms with Gasteiger partial charge in [-0.1, -0.05) is 36.2 Å². The zero-order chi connectivity index (χ0) is 42.8. The van der Waals surface area contributed by atoms with Crippen molar-refractivity contribution >= 4 is 23.2 Å². The fourth-order valence-electron chi connectivity index (χ4n) is 9.22. The Bertz CT molecular complexity index is 2180. The molecule has 1 saturated carbocycles. The lowest BCUT2D eigenvalue weighted by Gasteiger charge is -2.58. The van der Waals surface area contributed by atoms with E-state index in [2.05, 4.69) is 49.7 Å². The number of rotatable bonds is 21. The van der Waals surface area contributed by atoms with Crippen LogP contribution in [0.4, 0.5) is 5.69 Å². The van der Waals surface area contributed by atoms with Crippen LogP contribution in [0.1, 0.15) is 78.7 Å². The molecule has 0 radical (unpaired) electrons. The van der Waals surface area contributed by atoms with Crippen molar-refractivity contribution < 1.29 is 34.2 Å². The van der Waals surface area contributed by atoms with Gasteiger partial charge in [0.15, 0.2) is 0 Å². The lowest BCUT2D eigenvalue weighted by atomic mass is 9.56. The minimum atomic E-state index is -1.10. The van der Waals surface area contributed by atoms with E-state index in [9.17, 15) is 20.3 Å². The number of hydrogen-bond acceptors (Lipinski definition) is 11. The molecule has 6 unspecified atom stereocenters. The van der Waals surface area contributed by atoms with Crippen molar-refractivity contribution in [1.82, 2.24) is 4.98 Å². The molecule has 0 saturated heterocycles. The molecular formula is C49H57N3O8S. The van der Waals surface area contributed by atoms with Crippen LogP contribution in [-0.2, 0) is 22.6 Å². The van der Waals surface area contributed by atoms with Crippen molar-refractivity contribution in [2.45, 2.75) is 88.8 Å². The first-order chi connectivity index (χ1) is 29.7. The van der Waals surface area contributed by atoms with Gasteiger partial charge in [0.25, 0.3) is 5.69 Å². The van der Waals surface area contributed by atoms with Gasteiger partial charge in [-0.15, -0.1) is 6.58 Å². The van der Waals surface area contributed by atoms with Gasteiger partial charge in [-0.25, -0.2) is 0 Å². The van der Waals surface area contributed by atoms with E-state index in [-0.39, 0.29) is 61.0 Å². The SMILES string of the molecule is C=CCOC12Oc3ccc(Oc4ccc(C)c(C)c4)cc3C3C(CCCCO)C(CCCCO)C=C(C(=NOCc4ccc([N+](=O)[O-])cc4)CC1SCCc1ccncc1)C32. The number of fused-ring (bicyclic) bond motifs is 2. The summed E-state index contributed by atoms with van der Waals surface area (Å²) in [5, 5.41) is 35.9. The number of nitro groups is 1. The molecular weight excluding hydrogens is 791 g/mol. The fourth-order valence-corrected chi connectivity index (χ4v) is 10.6. The van der Waals surface area contributed by atoms with Crippen LogP contribution < -0.4 is 9.47 Å². The highest BCUT2D eigenvalue weighted by molar-refractivity contribution is 8.00. The lowest BCUT2D eigenvalue weighted by Crippen LogP contribution is -2.64. The fraction of sp³-hybridized carbons (Fsp3) is 0.429. The van der Waals surface area contributed by atoms with Crippen molar-refractivity contribution in [3.05, 3.63) is 147 Å². The number of hydrogen-bond donors (Lipinski definition) is 2. The Morgan fingerprint density at radius 2 is 1.69 bits per heavy atom. The van der Waals surface area contributed by atoms with E-state index in [0.29, 0.717) is 25.0 Å². The average Bonchev–Trinajstić information content (AvgIpc) is 3.26. The Kier molecular flexibility index (Phi) is 15.0. The van der Waals surface area contributed by atoms with Crippen LogP contribution in [0.15, 0.2) is 115 Å². The molecule has 0 amide bonds. The normalized spacial score (nSPS) is 23.3. The number of oxime groups is 1. The van der Waals surface area contributed by atoms with Gasteiger partial charge in [0.2, 0.25) is 5.79 Å². The number of benzene rings is 3. The molecule has 1 aliphatic heterocycles. The molecule has 1 aromatic heterocycles. The van der Waals surface area contributed by atoms with E-state index in [0.717, 1.165) is 77.3 Å². The summed E-state index contributed by atoms with van der Waals surface area (Å²) in [4.78, 5) is 21.3. The zero-order valence-corrected chi connectivity index (χ0v) is 35.9. The molecule has 2 aliphatic carbocycles. The molecule has 3 aromatic carbocycles. The molecule has 4 aromatic rings. The molecule has 0 bridgehead atoms. The minimum absolute atomic E-state index is 0.0177. The Balaban J connectivity index is 1.35. The summed E-state index contributed by atoms with van der Waals surface area (Å²) in [5.41, 5.74) is 7.22. The summed E-state index contributed by atoms with van der Waals surface area (Å²) in [5.74, 6) is 1.83. The van der Waals surface area contributed by atoms with Crippen LogP contribution in [0.5, 0.6) is 17.2 Å².